The van der Waals surface area contributed by atoms with E-state index in [0.717, 1.165) is 22.3 Å². The summed E-state index contributed by atoms with van der Waals surface area (Å²) in [6.07, 6.45) is 0.164. The molecule has 6 N–H and O–H groups in total. The smallest absolute Gasteiger partial charge is 0.326 e. The van der Waals surface area contributed by atoms with Crippen molar-refractivity contribution in [1.29, 1.82) is 0 Å². The summed E-state index contributed by atoms with van der Waals surface area (Å²) in [4.78, 5) is 82.1. The number of carbonyl (C=O) groups is 6. The monoisotopic (exact) mass is 807 g/mol. The number of carbonyl (C=O) groups excluding carboxylic acids is 5. The van der Waals surface area contributed by atoms with Gasteiger partial charge in [0, 0.05) is 37.3 Å². The number of rotatable bonds is 9. The van der Waals surface area contributed by atoms with Crippen LogP contribution in [-0.4, -0.2) is 64.8 Å². The fraction of sp³-hybridized carbons (Fsp3) is 0.250. The van der Waals surface area contributed by atoms with Gasteiger partial charge in [-0.3, -0.25) is 24.0 Å². The van der Waals surface area contributed by atoms with Gasteiger partial charge in [-0.25, -0.2) is 4.79 Å². The highest BCUT2D eigenvalue weighted by Crippen LogP contribution is 2.27. The molecule has 2 bridgehead atoms. The average Bonchev–Trinajstić information content (AvgIpc) is 3.26. The summed E-state index contributed by atoms with van der Waals surface area (Å²) in [6, 6.07) is 37.3. The molecule has 0 aromatic heterocycles. The molecular formula is C48H49N5O7. The van der Waals surface area contributed by atoms with E-state index in [1.807, 2.05) is 91.0 Å². The number of carboxylic acids is 1. The van der Waals surface area contributed by atoms with Gasteiger partial charge in [-0.1, -0.05) is 134 Å². The maximum Gasteiger partial charge on any atom is 0.326 e. The van der Waals surface area contributed by atoms with E-state index in [1.54, 1.807) is 55.5 Å². The summed E-state index contributed by atoms with van der Waals surface area (Å²) < 4.78 is 0. The Morgan fingerprint density at radius 2 is 1.22 bits per heavy atom. The first-order chi connectivity index (χ1) is 29.0. The van der Waals surface area contributed by atoms with Gasteiger partial charge in [0.05, 0.1) is 0 Å². The van der Waals surface area contributed by atoms with Crippen LogP contribution >= 0.6 is 0 Å². The van der Waals surface area contributed by atoms with E-state index in [0.29, 0.717) is 23.2 Å². The first-order valence-electron chi connectivity index (χ1n) is 20.1. The molecule has 5 unspecified atom stereocenters. The molecule has 5 aromatic carbocycles. The fourth-order valence-corrected chi connectivity index (χ4v) is 7.19. The zero-order valence-corrected chi connectivity index (χ0v) is 33.3. The first kappa shape index (κ1) is 42.5. The lowest BCUT2D eigenvalue weighted by molar-refractivity contribution is -0.142. The van der Waals surface area contributed by atoms with Crippen LogP contribution in [0.15, 0.2) is 140 Å². The van der Waals surface area contributed by atoms with Crippen molar-refractivity contribution in [1.82, 2.24) is 21.3 Å². The van der Waals surface area contributed by atoms with Gasteiger partial charge >= 0.3 is 5.97 Å². The van der Waals surface area contributed by atoms with Gasteiger partial charge in [0.15, 0.2) is 0 Å². The molecule has 2 heterocycles. The van der Waals surface area contributed by atoms with Crippen molar-refractivity contribution in [2.24, 2.45) is 0 Å². The Hall–Kier alpha value is -7.08. The van der Waals surface area contributed by atoms with Crippen molar-refractivity contribution in [3.05, 3.63) is 162 Å². The lowest BCUT2D eigenvalue weighted by Crippen LogP contribution is -2.59. The zero-order chi connectivity index (χ0) is 42.4. The van der Waals surface area contributed by atoms with E-state index in [1.165, 1.54) is 0 Å². The highest BCUT2D eigenvalue weighted by atomic mass is 16.4. The van der Waals surface area contributed by atoms with Crippen molar-refractivity contribution in [2.75, 3.05) is 5.32 Å². The summed E-state index contributed by atoms with van der Waals surface area (Å²) in [7, 11) is 0. The largest absolute Gasteiger partial charge is 0.480 e. The zero-order valence-electron chi connectivity index (χ0n) is 33.3. The number of fused-ring (bicyclic) bond motifs is 18. The number of nitrogens with one attached hydrogen (secondary N) is 5. The molecule has 12 nitrogen and oxygen atoms in total. The second-order valence-corrected chi connectivity index (χ2v) is 15.0. The van der Waals surface area contributed by atoms with Crippen LogP contribution in [0.4, 0.5) is 5.69 Å². The third-order valence-electron chi connectivity index (χ3n) is 10.6. The number of hydrogen-bond acceptors (Lipinski definition) is 6. The van der Waals surface area contributed by atoms with E-state index >= 15 is 0 Å². The van der Waals surface area contributed by atoms with Gasteiger partial charge in [0.2, 0.25) is 29.5 Å². The van der Waals surface area contributed by atoms with Gasteiger partial charge in [-0.05, 0) is 58.4 Å². The average molecular weight is 808 g/mol. The molecule has 7 rings (SSSR count). The summed E-state index contributed by atoms with van der Waals surface area (Å²) in [5.41, 5.74) is 5.22. The molecule has 60 heavy (non-hydrogen) atoms. The van der Waals surface area contributed by atoms with E-state index in [2.05, 4.69) is 26.6 Å². The van der Waals surface area contributed by atoms with Crippen LogP contribution in [0, 0.1) is 0 Å². The number of carboxylic acid groups (broad SMARTS) is 1. The van der Waals surface area contributed by atoms with Crippen LogP contribution in [0.5, 0.6) is 0 Å². The number of anilines is 1. The molecule has 0 saturated heterocycles. The Morgan fingerprint density at radius 3 is 1.88 bits per heavy atom. The molecule has 5 atom stereocenters. The molecule has 5 aromatic rings. The summed E-state index contributed by atoms with van der Waals surface area (Å²) in [5, 5.41) is 24.2. The molecule has 0 radical (unpaired) electrons. The SMILES string of the molecule is CC(c1cccc(-c2ccccc2)c1)C1NC(=O)C(CCc2ccccc2)NC(=O)CCC(=O)Nc2ccc(cc2)CC(C(=O)O)NC(=O)C(Cc2ccccc2)NC1=O. The molecule has 2 aliphatic heterocycles. The summed E-state index contributed by atoms with van der Waals surface area (Å²) >= 11 is 0. The second-order valence-electron chi connectivity index (χ2n) is 15.0. The highest BCUT2D eigenvalue weighted by molar-refractivity contribution is 5.97. The summed E-state index contributed by atoms with van der Waals surface area (Å²) in [6.45, 7) is 1.80. The summed E-state index contributed by atoms with van der Waals surface area (Å²) in [5.74, 6) is -4.94. The van der Waals surface area contributed by atoms with Crippen molar-refractivity contribution < 1.29 is 33.9 Å². The van der Waals surface area contributed by atoms with E-state index in [9.17, 15) is 33.9 Å². The Bertz CT molecular complexity index is 2270. The van der Waals surface area contributed by atoms with E-state index < -0.39 is 65.6 Å². The van der Waals surface area contributed by atoms with E-state index in [-0.39, 0.29) is 32.1 Å². The number of aliphatic carboxylic acids is 1. The van der Waals surface area contributed by atoms with Crippen LogP contribution in [0.3, 0.4) is 0 Å². The maximum absolute atomic E-state index is 14.7. The lowest BCUT2D eigenvalue weighted by Gasteiger charge is -2.30. The molecule has 12 heteroatoms. The van der Waals surface area contributed by atoms with Crippen LogP contribution < -0.4 is 26.6 Å². The molecule has 0 aliphatic carbocycles. The minimum Gasteiger partial charge on any atom is -0.480 e. The fourth-order valence-electron chi connectivity index (χ4n) is 7.19. The number of aryl methyl sites for hydroxylation is 1. The van der Waals surface area contributed by atoms with Gasteiger partial charge in [0.1, 0.15) is 24.2 Å². The van der Waals surface area contributed by atoms with Gasteiger partial charge in [-0.2, -0.15) is 0 Å². The third-order valence-corrected chi connectivity index (χ3v) is 10.6. The Morgan fingerprint density at radius 1 is 0.617 bits per heavy atom. The maximum atomic E-state index is 14.7. The number of benzene rings is 5. The number of hydrogen-bond donors (Lipinski definition) is 6. The molecule has 5 amide bonds. The predicted octanol–water partition coefficient (Wildman–Crippen LogP) is 5.33. The number of amides is 5. The minimum atomic E-state index is -1.36. The van der Waals surface area contributed by atoms with Crippen LogP contribution in [0.2, 0.25) is 0 Å². The standard InChI is InChI=1S/C48H49N5O7/c1-31(36-18-11-19-37(30-36)35-16-9-4-10-17-35)44-47(58)51-40(28-33-14-7-3-8-15-33)46(57)52-41(48(59)60)29-34-20-23-38(24-21-34)49-42(54)26-27-43(55)50-39(45(56)53-44)25-22-32-12-5-2-6-13-32/h2-21,23-24,30-31,39-41,44H,22,25-29H2,1H3,(H,49,54)(H,50,55)(H,51,58)(H,52,57)(H,53,56)(H,59,60). The van der Waals surface area contributed by atoms with Crippen molar-refractivity contribution in [3.63, 3.8) is 0 Å². The highest BCUT2D eigenvalue weighted by Gasteiger charge is 2.35. The van der Waals surface area contributed by atoms with Crippen molar-refractivity contribution in [3.8, 4) is 11.1 Å². The molecule has 0 spiro atoms. The van der Waals surface area contributed by atoms with E-state index in [4.69, 9.17) is 0 Å². The van der Waals surface area contributed by atoms with Gasteiger partial charge < -0.3 is 31.7 Å². The third kappa shape index (κ3) is 12.0. The van der Waals surface area contributed by atoms with Crippen LogP contribution in [0.1, 0.15) is 54.4 Å². The molecule has 0 saturated carbocycles. The normalized spacial score (nSPS) is 20.0. The molecule has 308 valence electrons. The van der Waals surface area contributed by atoms with Crippen LogP contribution in [0.25, 0.3) is 11.1 Å². The lowest BCUT2D eigenvalue weighted by atomic mass is 9.89. The Balaban J connectivity index is 1.38. The first-order valence-corrected chi connectivity index (χ1v) is 20.1. The van der Waals surface area contributed by atoms with Gasteiger partial charge in [0.25, 0.3) is 0 Å². The Kier molecular flexibility index (Phi) is 14.6. The molecule has 0 fully saturated rings. The van der Waals surface area contributed by atoms with Crippen molar-refractivity contribution >= 4 is 41.2 Å². The minimum absolute atomic E-state index is 0.0213. The Labute approximate surface area is 349 Å². The van der Waals surface area contributed by atoms with Crippen LogP contribution in [-0.2, 0) is 48.0 Å². The van der Waals surface area contributed by atoms with Crippen molar-refractivity contribution in [2.45, 2.75) is 75.5 Å². The predicted molar refractivity (Wildman–Crippen MR) is 229 cm³/mol. The second kappa shape index (κ2) is 20.6. The molecule has 2 aliphatic rings. The topological polar surface area (TPSA) is 183 Å². The quantitative estimate of drug-likeness (QED) is 0.109. The molecular weight excluding hydrogens is 759 g/mol. The van der Waals surface area contributed by atoms with Gasteiger partial charge in [-0.15, -0.1) is 0 Å².